The van der Waals surface area contributed by atoms with Gasteiger partial charge in [-0.2, -0.15) is 0 Å². The monoisotopic (exact) mass is 331 g/mol. The third kappa shape index (κ3) is 18.0. The molecule has 0 aromatic rings. The summed E-state index contributed by atoms with van der Waals surface area (Å²) in [6, 6.07) is 0.235. The minimum absolute atomic E-state index is 0.0721. The van der Waals surface area contributed by atoms with Gasteiger partial charge in [0.05, 0.1) is 19.3 Å². The second-order valence-electron chi connectivity index (χ2n) is 8.61. The zero-order chi connectivity index (χ0) is 17.8. The molecule has 0 spiro atoms. The van der Waals surface area contributed by atoms with Crippen molar-refractivity contribution in [2.75, 3.05) is 40.1 Å². The molecule has 4 nitrogen and oxygen atoms in total. The van der Waals surface area contributed by atoms with Crippen LogP contribution in [0.15, 0.2) is 0 Å². The summed E-state index contributed by atoms with van der Waals surface area (Å²) in [7, 11) is 1.73. The standard InChI is InChI=1S/C19H41NO3/c1-18(2,3)11-8-9-12-22-13-10-14-23-16-17(15-21-7)20-19(4,5)6/h17,20H,8-16H2,1-7H3. The van der Waals surface area contributed by atoms with Crippen molar-refractivity contribution >= 4 is 0 Å². The van der Waals surface area contributed by atoms with Crippen LogP contribution in [0, 0.1) is 5.41 Å². The Morgan fingerprint density at radius 1 is 0.783 bits per heavy atom. The Morgan fingerprint density at radius 2 is 1.39 bits per heavy atom. The molecule has 0 bridgehead atoms. The lowest BCUT2D eigenvalue weighted by Crippen LogP contribution is -2.48. The first-order chi connectivity index (χ1) is 10.6. The van der Waals surface area contributed by atoms with Crippen LogP contribution in [0.4, 0.5) is 0 Å². The van der Waals surface area contributed by atoms with E-state index in [1.807, 2.05) is 0 Å². The number of nitrogens with one attached hydrogen (secondary N) is 1. The van der Waals surface area contributed by atoms with E-state index in [-0.39, 0.29) is 11.6 Å². The van der Waals surface area contributed by atoms with E-state index in [9.17, 15) is 0 Å². The van der Waals surface area contributed by atoms with Crippen LogP contribution < -0.4 is 5.32 Å². The Morgan fingerprint density at radius 3 is 1.96 bits per heavy atom. The van der Waals surface area contributed by atoms with E-state index >= 15 is 0 Å². The molecule has 0 radical (unpaired) electrons. The van der Waals surface area contributed by atoms with E-state index in [0.717, 1.165) is 32.7 Å². The van der Waals surface area contributed by atoms with Crippen molar-refractivity contribution in [2.24, 2.45) is 5.41 Å². The summed E-state index contributed by atoms with van der Waals surface area (Å²) >= 11 is 0. The zero-order valence-corrected chi connectivity index (χ0v) is 16.7. The quantitative estimate of drug-likeness (QED) is 0.517. The summed E-state index contributed by atoms with van der Waals surface area (Å²) in [5.74, 6) is 0. The predicted molar refractivity (Wildman–Crippen MR) is 98.1 cm³/mol. The second-order valence-corrected chi connectivity index (χ2v) is 8.61. The van der Waals surface area contributed by atoms with E-state index in [0.29, 0.717) is 18.6 Å². The molecule has 1 unspecified atom stereocenters. The molecule has 0 aliphatic carbocycles. The van der Waals surface area contributed by atoms with Crippen molar-refractivity contribution in [3.8, 4) is 0 Å². The topological polar surface area (TPSA) is 39.7 Å². The average molecular weight is 332 g/mol. The van der Waals surface area contributed by atoms with Gasteiger partial charge >= 0.3 is 0 Å². The van der Waals surface area contributed by atoms with Crippen LogP contribution in [-0.2, 0) is 14.2 Å². The summed E-state index contributed by atoms with van der Waals surface area (Å²) in [6.45, 7) is 17.1. The van der Waals surface area contributed by atoms with Crippen molar-refractivity contribution in [3.05, 3.63) is 0 Å². The molecule has 0 aromatic carbocycles. The smallest absolute Gasteiger partial charge is 0.0642 e. The molecular weight excluding hydrogens is 290 g/mol. The number of hydrogen-bond donors (Lipinski definition) is 1. The van der Waals surface area contributed by atoms with Crippen LogP contribution in [0.1, 0.15) is 67.2 Å². The molecule has 140 valence electrons. The molecule has 0 heterocycles. The molecule has 0 fully saturated rings. The first-order valence-electron chi connectivity index (χ1n) is 9.06. The first-order valence-corrected chi connectivity index (χ1v) is 9.06. The Hall–Kier alpha value is -0.160. The van der Waals surface area contributed by atoms with E-state index in [4.69, 9.17) is 14.2 Å². The second kappa shape index (κ2) is 12.2. The van der Waals surface area contributed by atoms with Gasteiger partial charge in [-0.05, 0) is 45.4 Å². The number of methoxy groups -OCH3 is 1. The molecule has 0 amide bonds. The SMILES string of the molecule is COCC(COCCCOCCCCC(C)(C)C)NC(C)(C)C. The zero-order valence-electron chi connectivity index (χ0n) is 16.7. The van der Waals surface area contributed by atoms with Crippen LogP contribution in [0.25, 0.3) is 0 Å². The lowest BCUT2D eigenvalue weighted by molar-refractivity contribution is 0.0476. The Bertz CT molecular complexity index is 269. The van der Waals surface area contributed by atoms with Crippen molar-refractivity contribution in [3.63, 3.8) is 0 Å². The van der Waals surface area contributed by atoms with Gasteiger partial charge in [0.1, 0.15) is 0 Å². The van der Waals surface area contributed by atoms with Gasteiger partial charge in [0.2, 0.25) is 0 Å². The van der Waals surface area contributed by atoms with Gasteiger partial charge in [-0.1, -0.05) is 27.2 Å². The molecule has 0 saturated heterocycles. The Kier molecular flexibility index (Phi) is 12.2. The predicted octanol–water partition coefficient (Wildman–Crippen LogP) is 4.03. The van der Waals surface area contributed by atoms with Crippen molar-refractivity contribution in [2.45, 2.75) is 78.8 Å². The molecular formula is C19H41NO3. The molecule has 0 aromatic heterocycles. The van der Waals surface area contributed by atoms with E-state index < -0.39 is 0 Å². The minimum atomic E-state index is 0.0721. The third-order valence-corrected chi connectivity index (χ3v) is 3.37. The van der Waals surface area contributed by atoms with Crippen LogP contribution in [0.3, 0.4) is 0 Å². The van der Waals surface area contributed by atoms with Crippen LogP contribution in [-0.4, -0.2) is 51.7 Å². The molecule has 0 aliphatic rings. The summed E-state index contributed by atoms with van der Waals surface area (Å²) < 4.78 is 16.6. The van der Waals surface area contributed by atoms with Gasteiger partial charge < -0.3 is 19.5 Å². The van der Waals surface area contributed by atoms with E-state index in [1.165, 1.54) is 12.8 Å². The molecule has 1 atom stereocenters. The molecule has 23 heavy (non-hydrogen) atoms. The lowest BCUT2D eigenvalue weighted by Gasteiger charge is -2.28. The first kappa shape index (κ1) is 22.8. The van der Waals surface area contributed by atoms with Gasteiger partial charge in [0.25, 0.3) is 0 Å². The molecule has 4 heteroatoms. The fraction of sp³-hybridized carbons (Fsp3) is 1.00. The maximum Gasteiger partial charge on any atom is 0.0642 e. The minimum Gasteiger partial charge on any atom is -0.383 e. The highest BCUT2D eigenvalue weighted by Crippen LogP contribution is 2.21. The Labute approximate surface area is 144 Å². The summed E-state index contributed by atoms with van der Waals surface area (Å²) in [5.41, 5.74) is 0.510. The van der Waals surface area contributed by atoms with Crippen molar-refractivity contribution < 1.29 is 14.2 Å². The summed E-state index contributed by atoms with van der Waals surface area (Å²) in [5, 5.41) is 3.51. The summed E-state index contributed by atoms with van der Waals surface area (Å²) in [4.78, 5) is 0. The summed E-state index contributed by atoms with van der Waals surface area (Å²) in [6.07, 6.45) is 4.62. The van der Waals surface area contributed by atoms with Crippen LogP contribution >= 0.6 is 0 Å². The largest absolute Gasteiger partial charge is 0.383 e. The maximum atomic E-state index is 5.74. The van der Waals surface area contributed by atoms with E-state index in [2.05, 4.69) is 46.9 Å². The number of unbranched alkanes of at least 4 members (excludes halogenated alkanes) is 1. The normalized spacial score (nSPS) is 14.2. The number of rotatable bonds is 13. The highest BCUT2D eigenvalue weighted by molar-refractivity contribution is 4.77. The van der Waals surface area contributed by atoms with E-state index in [1.54, 1.807) is 7.11 Å². The fourth-order valence-corrected chi connectivity index (χ4v) is 2.40. The average Bonchev–Trinajstić information content (AvgIpc) is 2.38. The molecule has 0 aliphatic heterocycles. The van der Waals surface area contributed by atoms with Crippen molar-refractivity contribution in [1.29, 1.82) is 0 Å². The van der Waals surface area contributed by atoms with Gasteiger partial charge in [-0.25, -0.2) is 0 Å². The highest BCUT2D eigenvalue weighted by Gasteiger charge is 2.17. The van der Waals surface area contributed by atoms with Crippen LogP contribution in [0.2, 0.25) is 0 Å². The van der Waals surface area contributed by atoms with Gasteiger partial charge in [-0.3, -0.25) is 0 Å². The van der Waals surface area contributed by atoms with Gasteiger partial charge in [-0.15, -0.1) is 0 Å². The lowest BCUT2D eigenvalue weighted by atomic mass is 9.90. The molecule has 0 rings (SSSR count). The number of ether oxygens (including phenoxy) is 3. The van der Waals surface area contributed by atoms with Gasteiger partial charge in [0.15, 0.2) is 0 Å². The third-order valence-electron chi connectivity index (χ3n) is 3.37. The molecule has 1 N–H and O–H groups in total. The van der Waals surface area contributed by atoms with Crippen molar-refractivity contribution in [1.82, 2.24) is 5.32 Å². The maximum absolute atomic E-state index is 5.74. The molecule has 0 saturated carbocycles. The number of hydrogen-bond acceptors (Lipinski definition) is 4. The van der Waals surface area contributed by atoms with Gasteiger partial charge in [0, 0.05) is 32.5 Å². The fourth-order valence-electron chi connectivity index (χ4n) is 2.40. The van der Waals surface area contributed by atoms with Crippen LogP contribution in [0.5, 0.6) is 0 Å². The Balaban J connectivity index is 3.49. The highest BCUT2D eigenvalue weighted by atomic mass is 16.5.